The number of hydrogen-bond acceptors (Lipinski definition) is 4. The molecule has 0 aliphatic carbocycles. The maximum absolute atomic E-state index is 12.5. The van der Waals surface area contributed by atoms with E-state index in [0.29, 0.717) is 11.3 Å². The van der Waals surface area contributed by atoms with Crippen LogP contribution in [0, 0.1) is 0 Å². The first-order valence-corrected chi connectivity index (χ1v) is 10.3. The predicted molar refractivity (Wildman–Crippen MR) is 89.7 cm³/mol. The summed E-state index contributed by atoms with van der Waals surface area (Å²) in [4.78, 5) is 24.0. The van der Waals surface area contributed by atoms with Gasteiger partial charge in [0.1, 0.15) is 0 Å². The van der Waals surface area contributed by atoms with Gasteiger partial charge in [-0.05, 0) is 37.2 Å². The van der Waals surface area contributed by atoms with Gasteiger partial charge < -0.3 is 9.16 Å². The van der Waals surface area contributed by atoms with Crippen molar-refractivity contribution >= 4 is 26.1 Å². The van der Waals surface area contributed by atoms with Gasteiger partial charge in [0, 0.05) is 0 Å². The average molecular weight is 323 g/mol. The van der Waals surface area contributed by atoms with E-state index in [9.17, 15) is 9.59 Å². The standard InChI is InChI=1S/C16H25NO4Si/c1-7-20-15(19)17-13-11-9-8-10-12(13)14(18)21-22(5,6)16(2,3)4/h8-11H,7H2,1-6H3,(H,17,19). The molecule has 0 saturated heterocycles. The normalized spacial score (nSPS) is 11.7. The molecular weight excluding hydrogens is 298 g/mol. The van der Waals surface area contributed by atoms with Crippen molar-refractivity contribution in [3.05, 3.63) is 29.8 Å². The van der Waals surface area contributed by atoms with Crippen molar-refractivity contribution in [2.45, 2.75) is 45.8 Å². The smallest absolute Gasteiger partial charge is 0.411 e. The molecule has 0 fully saturated rings. The van der Waals surface area contributed by atoms with Crippen LogP contribution in [0.4, 0.5) is 10.5 Å². The number of para-hydroxylation sites is 1. The van der Waals surface area contributed by atoms with Gasteiger partial charge in [-0.25, -0.2) is 9.59 Å². The van der Waals surface area contributed by atoms with Crippen molar-refractivity contribution in [1.29, 1.82) is 0 Å². The molecule has 1 aromatic rings. The molecule has 0 atom stereocenters. The van der Waals surface area contributed by atoms with Gasteiger partial charge in [-0.3, -0.25) is 5.32 Å². The summed E-state index contributed by atoms with van der Waals surface area (Å²) in [5.41, 5.74) is 0.727. The Hall–Kier alpha value is -1.82. The van der Waals surface area contributed by atoms with Crippen molar-refractivity contribution in [1.82, 2.24) is 0 Å². The number of nitrogens with one attached hydrogen (secondary N) is 1. The van der Waals surface area contributed by atoms with Crippen molar-refractivity contribution in [3.63, 3.8) is 0 Å². The van der Waals surface area contributed by atoms with Gasteiger partial charge in [0.25, 0.3) is 8.32 Å². The fourth-order valence-corrected chi connectivity index (χ4v) is 2.37. The maximum Gasteiger partial charge on any atom is 0.411 e. The van der Waals surface area contributed by atoms with Crippen molar-refractivity contribution in [3.8, 4) is 0 Å². The van der Waals surface area contributed by atoms with Crippen LogP contribution in [-0.2, 0) is 9.16 Å². The minimum atomic E-state index is -2.22. The highest BCUT2D eigenvalue weighted by Crippen LogP contribution is 2.37. The molecule has 0 spiro atoms. The van der Waals surface area contributed by atoms with Crippen LogP contribution in [0.2, 0.25) is 18.1 Å². The molecule has 1 N–H and O–H groups in total. The highest BCUT2D eigenvalue weighted by Gasteiger charge is 2.40. The van der Waals surface area contributed by atoms with E-state index >= 15 is 0 Å². The van der Waals surface area contributed by atoms with Crippen LogP contribution >= 0.6 is 0 Å². The van der Waals surface area contributed by atoms with E-state index in [2.05, 4.69) is 26.1 Å². The van der Waals surface area contributed by atoms with Crippen LogP contribution in [0.25, 0.3) is 0 Å². The Morgan fingerprint density at radius 2 is 1.77 bits per heavy atom. The zero-order valence-corrected chi connectivity index (χ0v) is 15.1. The van der Waals surface area contributed by atoms with E-state index in [1.165, 1.54) is 0 Å². The predicted octanol–water partition coefficient (Wildman–Crippen LogP) is 4.42. The number of benzene rings is 1. The van der Waals surface area contributed by atoms with Gasteiger partial charge >= 0.3 is 12.1 Å². The average Bonchev–Trinajstić information content (AvgIpc) is 2.37. The van der Waals surface area contributed by atoms with E-state index < -0.39 is 20.4 Å². The molecule has 0 unspecified atom stereocenters. The van der Waals surface area contributed by atoms with Gasteiger partial charge in [-0.1, -0.05) is 32.9 Å². The number of anilines is 1. The summed E-state index contributed by atoms with van der Waals surface area (Å²) in [7, 11) is -2.22. The lowest BCUT2D eigenvalue weighted by Crippen LogP contribution is -2.42. The summed E-state index contributed by atoms with van der Waals surface area (Å²) in [5, 5.41) is 2.49. The van der Waals surface area contributed by atoms with E-state index in [1.54, 1.807) is 31.2 Å². The van der Waals surface area contributed by atoms with Crippen molar-refractivity contribution in [2.24, 2.45) is 0 Å². The van der Waals surface area contributed by atoms with Crippen LogP contribution in [-0.4, -0.2) is 27.0 Å². The van der Waals surface area contributed by atoms with Crippen LogP contribution < -0.4 is 5.32 Å². The third-order valence-corrected chi connectivity index (χ3v) is 8.12. The molecule has 122 valence electrons. The molecule has 0 aliphatic rings. The molecule has 0 heterocycles. The number of carbonyl (C=O) groups excluding carboxylic acids is 2. The third-order valence-electron chi connectivity index (χ3n) is 3.81. The van der Waals surface area contributed by atoms with Crippen LogP contribution in [0.3, 0.4) is 0 Å². The van der Waals surface area contributed by atoms with Crippen LogP contribution in [0.5, 0.6) is 0 Å². The molecule has 5 nitrogen and oxygen atoms in total. The number of rotatable bonds is 4. The second-order valence-electron chi connectivity index (χ2n) is 6.54. The van der Waals surface area contributed by atoms with Crippen molar-refractivity contribution < 1.29 is 18.8 Å². The van der Waals surface area contributed by atoms with Crippen LogP contribution in [0.15, 0.2) is 24.3 Å². The summed E-state index contributed by atoms with van der Waals surface area (Å²) in [6.45, 7) is 12.2. The molecule has 0 saturated carbocycles. The Labute approximate surface area is 133 Å². The molecule has 1 amide bonds. The Kier molecular flexibility index (Phi) is 5.76. The quantitative estimate of drug-likeness (QED) is 0.833. The fourth-order valence-electron chi connectivity index (χ4n) is 1.49. The summed E-state index contributed by atoms with van der Waals surface area (Å²) in [5.74, 6) is -0.418. The first-order chi connectivity index (χ1) is 10.1. The third kappa shape index (κ3) is 4.59. The number of hydrogen-bond donors (Lipinski definition) is 1. The topological polar surface area (TPSA) is 64.6 Å². The zero-order valence-electron chi connectivity index (χ0n) is 14.1. The summed E-state index contributed by atoms with van der Waals surface area (Å²) >= 11 is 0. The second kappa shape index (κ2) is 6.96. The molecule has 22 heavy (non-hydrogen) atoms. The summed E-state index contributed by atoms with van der Waals surface area (Å²) < 4.78 is 10.6. The Bertz CT molecular complexity index is 549. The van der Waals surface area contributed by atoms with Gasteiger partial charge in [-0.15, -0.1) is 0 Å². The van der Waals surface area contributed by atoms with Gasteiger partial charge in [0.15, 0.2) is 0 Å². The number of amides is 1. The first kappa shape index (κ1) is 18.2. The SMILES string of the molecule is CCOC(=O)Nc1ccccc1C(=O)O[Si](C)(C)C(C)(C)C. The van der Waals surface area contributed by atoms with Gasteiger partial charge in [-0.2, -0.15) is 0 Å². The Morgan fingerprint density at radius 3 is 2.32 bits per heavy atom. The van der Waals surface area contributed by atoms with E-state index in [1.807, 2.05) is 13.1 Å². The van der Waals surface area contributed by atoms with Crippen LogP contribution in [0.1, 0.15) is 38.1 Å². The fraction of sp³-hybridized carbons (Fsp3) is 0.500. The Balaban J connectivity index is 2.97. The molecule has 0 aliphatic heterocycles. The van der Waals surface area contributed by atoms with Gasteiger partial charge in [0.05, 0.1) is 17.9 Å². The number of ether oxygens (including phenoxy) is 1. The zero-order chi connectivity index (χ0) is 17.0. The highest BCUT2D eigenvalue weighted by molar-refractivity contribution is 6.75. The Morgan fingerprint density at radius 1 is 1.18 bits per heavy atom. The van der Waals surface area contributed by atoms with E-state index in [0.717, 1.165) is 0 Å². The second-order valence-corrected chi connectivity index (χ2v) is 11.3. The summed E-state index contributed by atoms with van der Waals surface area (Å²) in [6, 6.07) is 6.76. The molecule has 1 aromatic carbocycles. The minimum Gasteiger partial charge on any atom is -0.516 e. The lowest BCUT2D eigenvalue weighted by Gasteiger charge is -2.35. The highest BCUT2D eigenvalue weighted by atomic mass is 28.4. The monoisotopic (exact) mass is 323 g/mol. The first-order valence-electron chi connectivity index (χ1n) is 7.34. The molecule has 6 heteroatoms. The molecule has 0 aromatic heterocycles. The molecular formula is C16H25NO4Si. The van der Waals surface area contributed by atoms with E-state index in [-0.39, 0.29) is 11.6 Å². The van der Waals surface area contributed by atoms with Crippen molar-refractivity contribution in [2.75, 3.05) is 11.9 Å². The minimum absolute atomic E-state index is 0.0772. The molecule has 0 radical (unpaired) electrons. The summed E-state index contributed by atoms with van der Waals surface area (Å²) in [6.07, 6.45) is -0.588. The van der Waals surface area contributed by atoms with E-state index in [4.69, 9.17) is 9.16 Å². The maximum atomic E-state index is 12.5. The lowest BCUT2D eigenvalue weighted by molar-refractivity contribution is 0.0713. The molecule has 1 rings (SSSR count). The number of carbonyl (C=O) groups is 2. The molecule has 0 bridgehead atoms. The largest absolute Gasteiger partial charge is 0.516 e. The lowest BCUT2D eigenvalue weighted by atomic mass is 10.2. The van der Waals surface area contributed by atoms with Gasteiger partial charge in [0.2, 0.25) is 0 Å².